The van der Waals surface area contributed by atoms with E-state index >= 15 is 0 Å². The van der Waals surface area contributed by atoms with E-state index in [-0.39, 0.29) is 5.56 Å². The molecule has 0 N–H and O–H groups in total. The van der Waals surface area contributed by atoms with Crippen LogP contribution in [-0.2, 0) is 6.42 Å². The van der Waals surface area contributed by atoms with Crippen LogP contribution >= 0.6 is 23.6 Å². The first-order valence-corrected chi connectivity index (χ1v) is 10.6. The maximum atomic E-state index is 14.5. The van der Waals surface area contributed by atoms with Crippen LogP contribution in [0, 0.1) is 23.5 Å². The van der Waals surface area contributed by atoms with Gasteiger partial charge in [-0.25, -0.2) is 8.78 Å². The SMILES string of the molecule is CCCCCc1ccc(C#Cc2c(F)cc(-c3ccc(N=C=S)cc3)cc2F)s1. The third-order valence-corrected chi connectivity index (χ3v) is 5.57. The van der Waals surface area contributed by atoms with E-state index in [1.165, 1.54) is 29.9 Å². The van der Waals surface area contributed by atoms with Gasteiger partial charge in [-0.15, -0.1) is 11.3 Å². The molecule has 1 heterocycles. The lowest BCUT2D eigenvalue weighted by Crippen LogP contribution is -1.92. The number of aliphatic imine (C=N–C) groups is 1. The lowest BCUT2D eigenvalue weighted by molar-refractivity contribution is 0.578. The first kappa shape index (κ1) is 21.1. The molecule has 0 bridgehead atoms. The summed E-state index contributed by atoms with van der Waals surface area (Å²) < 4.78 is 29.1. The van der Waals surface area contributed by atoms with Crippen molar-refractivity contribution in [3.63, 3.8) is 0 Å². The largest absolute Gasteiger partial charge is 0.205 e. The van der Waals surface area contributed by atoms with Gasteiger partial charge in [-0.05, 0) is 72.6 Å². The Kier molecular flexibility index (Phi) is 7.43. The highest BCUT2D eigenvalue weighted by atomic mass is 32.1. The van der Waals surface area contributed by atoms with Crippen molar-refractivity contribution in [2.75, 3.05) is 0 Å². The molecule has 29 heavy (non-hydrogen) atoms. The molecule has 3 rings (SSSR count). The topological polar surface area (TPSA) is 12.4 Å². The first-order chi connectivity index (χ1) is 14.1. The molecule has 5 heteroatoms. The number of halogens is 2. The van der Waals surface area contributed by atoms with Crippen molar-refractivity contribution in [3.8, 4) is 23.0 Å². The van der Waals surface area contributed by atoms with Gasteiger partial charge in [0, 0.05) is 4.88 Å². The van der Waals surface area contributed by atoms with Crippen LogP contribution in [0.1, 0.15) is 41.5 Å². The highest BCUT2D eigenvalue weighted by molar-refractivity contribution is 7.78. The van der Waals surface area contributed by atoms with E-state index in [9.17, 15) is 8.78 Å². The Morgan fingerprint density at radius 1 is 0.931 bits per heavy atom. The Bertz CT molecular complexity index is 1070. The van der Waals surface area contributed by atoms with E-state index in [1.54, 1.807) is 35.6 Å². The predicted molar refractivity (Wildman–Crippen MR) is 120 cm³/mol. The maximum absolute atomic E-state index is 14.5. The number of unbranched alkanes of at least 4 members (excludes halogenated alkanes) is 2. The molecule has 2 aromatic carbocycles. The number of aryl methyl sites for hydroxylation is 1. The highest BCUT2D eigenvalue weighted by Gasteiger charge is 2.11. The third kappa shape index (κ3) is 5.68. The van der Waals surface area contributed by atoms with Crippen LogP contribution in [0.4, 0.5) is 14.5 Å². The fourth-order valence-electron chi connectivity index (χ4n) is 2.89. The van der Waals surface area contributed by atoms with Gasteiger partial charge in [0.1, 0.15) is 11.6 Å². The van der Waals surface area contributed by atoms with Crippen molar-refractivity contribution in [2.24, 2.45) is 4.99 Å². The summed E-state index contributed by atoms with van der Waals surface area (Å²) in [5, 5.41) is 2.28. The molecule has 0 aliphatic carbocycles. The maximum Gasteiger partial charge on any atom is 0.142 e. The standard InChI is InChI=1S/C24H19F2NS2/c1-2-3-4-5-20-10-11-21(29-20)12-13-22-23(25)14-18(15-24(22)26)17-6-8-19(9-7-17)27-16-28/h6-11,14-15H,2-5H2,1H3. The molecule has 0 unspecified atom stereocenters. The molecule has 0 fully saturated rings. The minimum atomic E-state index is -0.673. The van der Waals surface area contributed by atoms with Crippen LogP contribution in [-0.4, -0.2) is 5.16 Å². The quantitative estimate of drug-likeness (QED) is 0.172. The average molecular weight is 424 g/mol. The summed E-state index contributed by atoms with van der Waals surface area (Å²) >= 11 is 6.15. The molecule has 0 aliphatic heterocycles. The molecule has 0 atom stereocenters. The molecule has 1 nitrogen and oxygen atoms in total. The Hall–Kier alpha value is -2.64. The van der Waals surface area contributed by atoms with Crippen molar-refractivity contribution >= 4 is 34.4 Å². The van der Waals surface area contributed by atoms with Crippen LogP contribution in [0.15, 0.2) is 53.5 Å². The third-order valence-electron chi connectivity index (χ3n) is 4.42. The van der Waals surface area contributed by atoms with Gasteiger partial charge in [-0.1, -0.05) is 43.7 Å². The molecule has 0 saturated heterocycles. The Morgan fingerprint density at radius 2 is 1.66 bits per heavy atom. The zero-order valence-corrected chi connectivity index (χ0v) is 17.6. The second-order valence-electron chi connectivity index (χ2n) is 6.54. The zero-order chi connectivity index (χ0) is 20.6. The van der Waals surface area contributed by atoms with E-state index < -0.39 is 11.6 Å². The molecule has 0 aliphatic rings. The van der Waals surface area contributed by atoms with Crippen molar-refractivity contribution in [2.45, 2.75) is 32.6 Å². The lowest BCUT2D eigenvalue weighted by Gasteiger charge is -2.05. The van der Waals surface area contributed by atoms with Crippen molar-refractivity contribution in [3.05, 3.63) is 75.5 Å². The lowest BCUT2D eigenvalue weighted by atomic mass is 10.0. The number of thiocarbonyl (C=S) groups is 1. The number of hydrogen-bond acceptors (Lipinski definition) is 3. The predicted octanol–water partition coefficient (Wildman–Crippen LogP) is 7.56. The number of isothiocyanates is 1. The van der Waals surface area contributed by atoms with Gasteiger partial charge in [0.05, 0.1) is 21.3 Å². The van der Waals surface area contributed by atoms with Gasteiger partial charge in [-0.3, -0.25) is 0 Å². The van der Waals surface area contributed by atoms with Crippen LogP contribution in [0.3, 0.4) is 0 Å². The smallest absolute Gasteiger partial charge is 0.142 e. The Balaban J connectivity index is 1.80. The van der Waals surface area contributed by atoms with E-state index in [4.69, 9.17) is 0 Å². The van der Waals surface area contributed by atoms with Gasteiger partial charge < -0.3 is 0 Å². The van der Waals surface area contributed by atoms with Gasteiger partial charge >= 0.3 is 0 Å². The number of hydrogen-bond donors (Lipinski definition) is 0. The minimum Gasteiger partial charge on any atom is -0.205 e. The second-order valence-corrected chi connectivity index (χ2v) is 7.89. The van der Waals surface area contributed by atoms with E-state index in [0.717, 1.165) is 17.7 Å². The first-order valence-electron chi connectivity index (χ1n) is 9.38. The van der Waals surface area contributed by atoms with Crippen LogP contribution in [0.5, 0.6) is 0 Å². The summed E-state index contributed by atoms with van der Waals surface area (Å²) in [5.74, 6) is 4.21. The Labute approximate surface area is 179 Å². The number of thiophene rings is 1. The summed E-state index contributed by atoms with van der Waals surface area (Å²) in [6.45, 7) is 2.17. The molecule has 0 radical (unpaired) electrons. The van der Waals surface area contributed by atoms with Gasteiger partial charge in [-0.2, -0.15) is 4.99 Å². The molecule has 1 aromatic heterocycles. The molecular weight excluding hydrogens is 404 g/mol. The zero-order valence-electron chi connectivity index (χ0n) is 16.0. The van der Waals surface area contributed by atoms with E-state index in [0.29, 0.717) is 16.8 Å². The van der Waals surface area contributed by atoms with E-state index in [1.807, 2.05) is 12.1 Å². The monoisotopic (exact) mass is 423 g/mol. The van der Waals surface area contributed by atoms with E-state index in [2.05, 4.69) is 41.1 Å². The van der Waals surface area contributed by atoms with Crippen molar-refractivity contribution in [1.29, 1.82) is 0 Å². The number of rotatable bonds is 6. The molecular formula is C24H19F2NS2. The minimum absolute atomic E-state index is 0.211. The molecule has 146 valence electrons. The number of nitrogens with zero attached hydrogens (tertiary/aromatic N) is 1. The summed E-state index contributed by atoms with van der Waals surface area (Å²) in [6, 6.07) is 13.4. The summed E-state index contributed by atoms with van der Waals surface area (Å²) in [7, 11) is 0. The van der Waals surface area contributed by atoms with Crippen molar-refractivity contribution < 1.29 is 8.78 Å². The highest BCUT2D eigenvalue weighted by Crippen LogP contribution is 2.26. The molecule has 0 saturated carbocycles. The summed E-state index contributed by atoms with van der Waals surface area (Å²) in [6.07, 6.45) is 4.54. The summed E-state index contributed by atoms with van der Waals surface area (Å²) in [4.78, 5) is 5.93. The number of benzene rings is 2. The van der Waals surface area contributed by atoms with Crippen molar-refractivity contribution in [1.82, 2.24) is 0 Å². The average Bonchev–Trinajstić information content (AvgIpc) is 3.16. The van der Waals surface area contributed by atoms with Gasteiger partial charge in [0.25, 0.3) is 0 Å². The Morgan fingerprint density at radius 3 is 2.31 bits per heavy atom. The fourth-order valence-corrected chi connectivity index (χ4v) is 3.90. The molecule has 0 spiro atoms. The fraction of sp³-hybridized carbons (Fsp3) is 0.208. The second kappa shape index (κ2) is 10.2. The summed E-state index contributed by atoms with van der Waals surface area (Å²) in [5.41, 5.74) is 1.55. The molecule has 0 amide bonds. The van der Waals surface area contributed by atoms with Crippen LogP contribution < -0.4 is 0 Å². The van der Waals surface area contributed by atoms with Gasteiger partial charge in [0.15, 0.2) is 0 Å². The normalized spacial score (nSPS) is 10.2. The molecule has 3 aromatic rings. The van der Waals surface area contributed by atoms with Gasteiger partial charge in [0.2, 0.25) is 0 Å². The van der Waals surface area contributed by atoms with Crippen LogP contribution in [0.2, 0.25) is 0 Å². The van der Waals surface area contributed by atoms with Crippen LogP contribution in [0.25, 0.3) is 11.1 Å².